The maximum absolute atomic E-state index is 14.0. The molecule has 4 aromatic rings. The molecule has 1 amide bonds. The fourth-order valence-corrected chi connectivity index (χ4v) is 4.67. The van der Waals surface area contributed by atoms with Gasteiger partial charge in [-0.25, -0.2) is 15.0 Å². The summed E-state index contributed by atoms with van der Waals surface area (Å²) in [7, 11) is 2.00. The van der Waals surface area contributed by atoms with Crippen molar-refractivity contribution in [2.24, 2.45) is 0 Å². The normalized spacial score (nSPS) is 14.6. The van der Waals surface area contributed by atoms with Crippen LogP contribution in [0.2, 0.25) is 0 Å². The Morgan fingerprint density at radius 1 is 0.951 bits per heavy atom. The van der Waals surface area contributed by atoms with E-state index >= 15 is 0 Å². The van der Waals surface area contributed by atoms with Crippen molar-refractivity contribution in [3.8, 4) is 11.1 Å². The second kappa shape index (κ2) is 12.0. The van der Waals surface area contributed by atoms with Crippen molar-refractivity contribution in [2.75, 3.05) is 43.9 Å². The smallest absolute Gasteiger partial charge is 0.340 e. The first-order valence-corrected chi connectivity index (χ1v) is 13.2. The molecule has 2 aromatic heterocycles. The van der Waals surface area contributed by atoms with Crippen LogP contribution in [0.3, 0.4) is 0 Å². The highest BCUT2D eigenvalue weighted by Gasteiger charge is 2.34. The van der Waals surface area contributed by atoms with Crippen LogP contribution in [-0.4, -0.2) is 63.9 Å². The Kier molecular flexibility index (Phi) is 8.27. The molecule has 212 valence electrons. The maximum Gasteiger partial charge on any atom is 0.416 e. The lowest BCUT2D eigenvalue weighted by atomic mass is 10.0. The van der Waals surface area contributed by atoms with Crippen LogP contribution >= 0.6 is 0 Å². The average molecular weight is 562 g/mol. The number of benzene rings is 2. The van der Waals surface area contributed by atoms with Gasteiger partial charge in [0.15, 0.2) is 0 Å². The summed E-state index contributed by atoms with van der Waals surface area (Å²) in [4.78, 5) is 29.7. The summed E-state index contributed by atoms with van der Waals surface area (Å²) < 4.78 is 42.0. The number of aryl methyl sites for hydroxylation is 1. The van der Waals surface area contributed by atoms with Crippen molar-refractivity contribution in [2.45, 2.75) is 19.6 Å². The zero-order chi connectivity index (χ0) is 29.0. The molecule has 0 spiro atoms. The van der Waals surface area contributed by atoms with E-state index in [0.29, 0.717) is 30.3 Å². The second-order valence-corrected chi connectivity index (χ2v) is 10.1. The van der Waals surface area contributed by atoms with E-state index in [2.05, 4.69) is 30.5 Å². The number of aromatic nitrogens is 3. The summed E-state index contributed by atoms with van der Waals surface area (Å²) in [6.07, 6.45) is 1.96. The van der Waals surface area contributed by atoms with E-state index in [-0.39, 0.29) is 17.7 Å². The summed E-state index contributed by atoms with van der Waals surface area (Å²) >= 11 is 0. The van der Waals surface area contributed by atoms with Gasteiger partial charge in [-0.3, -0.25) is 9.69 Å². The molecule has 1 fully saturated rings. The Bertz CT molecular complexity index is 1520. The Balaban J connectivity index is 1.32. The lowest BCUT2D eigenvalue weighted by Crippen LogP contribution is -2.44. The Hall–Kier alpha value is -4.35. The Morgan fingerprint density at radius 3 is 2.44 bits per heavy atom. The number of carbonyl (C=O) groups excluding carboxylic acids is 1. The van der Waals surface area contributed by atoms with Gasteiger partial charge in [0.2, 0.25) is 0 Å². The molecule has 2 aromatic carbocycles. The van der Waals surface area contributed by atoms with Crippen molar-refractivity contribution in [3.05, 3.63) is 95.7 Å². The van der Waals surface area contributed by atoms with E-state index < -0.39 is 17.6 Å². The fourth-order valence-electron chi connectivity index (χ4n) is 4.67. The van der Waals surface area contributed by atoms with Gasteiger partial charge in [-0.2, -0.15) is 13.2 Å². The minimum Gasteiger partial charge on any atom is -0.340 e. The molecule has 1 saturated heterocycles. The largest absolute Gasteiger partial charge is 0.416 e. The van der Waals surface area contributed by atoms with Crippen molar-refractivity contribution in [1.29, 1.82) is 0 Å². The first kappa shape index (κ1) is 28.2. The molecule has 8 nitrogen and oxygen atoms in total. The Labute approximate surface area is 236 Å². The first-order chi connectivity index (χ1) is 19.7. The van der Waals surface area contributed by atoms with Crippen molar-refractivity contribution in [3.63, 3.8) is 0 Å². The number of hydrogen-bond donors (Lipinski definition) is 2. The SMILES string of the molecule is Cc1ccc(NC(=O)c2ccc(CN3CCN(C)CC3)c(C(F)(F)F)c2)cc1Nc1cc(-c2cncnc2)ccn1. The summed E-state index contributed by atoms with van der Waals surface area (Å²) in [6, 6.07) is 12.7. The predicted molar refractivity (Wildman–Crippen MR) is 152 cm³/mol. The molecule has 2 N–H and O–H groups in total. The molecule has 3 heterocycles. The number of anilines is 3. The monoisotopic (exact) mass is 561 g/mol. The number of halogens is 3. The number of carbonyl (C=O) groups is 1. The van der Waals surface area contributed by atoms with Crippen LogP contribution < -0.4 is 10.6 Å². The van der Waals surface area contributed by atoms with Crippen LogP contribution in [0.5, 0.6) is 0 Å². The number of alkyl halides is 3. The highest BCUT2D eigenvalue weighted by molar-refractivity contribution is 6.04. The molecular weight excluding hydrogens is 531 g/mol. The van der Waals surface area contributed by atoms with Crippen LogP contribution in [0.25, 0.3) is 11.1 Å². The van der Waals surface area contributed by atoms with E-state index in [0.717, 1.165) is 35.8 Å². The van der Waals surface area contributed by atoms with Gasteiger partial charge < -0.3 is 15.5 Å². The first-order valence-electron chi connectivity index (χ1n) is 13.2. The lowest BCUT2D eigenvalue weighted by Gasteiger charge is -2.33. The number of rotatable bonds is 7. The fraction of sp³-hybridized carbons (Fsp3) is 0.267. The van der Waals surface area contributed by atoms with Gasteiger partial charge in [-0.05, 0) is 67.1 Å². The molecule has 0 saturated carbocycles. The maximum atomic E-state index is 14.0. The molecule has 0 atom stereocenters. The minimum atomic E-state index is -4.58. The second-order valence-electron chi connectivity index (χ2n) is 10.1. The molecule has 1 aliphatic heterocycles. The van der Waals surface area contributed by atoms with Crippen molar-refractivity contribution in [1.82, 2.24) is 24.8 Å². The number of hydrogen-bond acceptors (Lipinski definition) is 7. The van der Waals surface area contributed by atoms with E-state index in [4.69, 9.17) is 0 Å². The van der Waals surface area contributed by atoms with E-state index in [9.17, 15) is 18.0 Å². The third-order valence-corrected chi connectivity index (χ3v) is 7.08. The minimum absolute atomic E-state index is 0.0611. The quantitative estimate of drug-likeness (QED) is 0.303. The van der Waals surface area contributed by atoms with Gasteiger partial charge >= 0.3 is 6.18 Å². The van der Waals surface area contributed by atoms with Crippen LogP contribution in [0, 0.1) is 6.92 Å². The molecular formula is C30H30F3N7O. The highest BCUT2D eigenvalue weighted by atomic mass is 19.4. The summed E-state index contributed by atoms with van der Waals surface area (Å²) in [5.41, 5.74) is 3.05. The van der Waals surface area contributed by atoms with E-state index in [1.807, 2.05) is 37.1 Å². The average Bonchev–Trinajstić information content (AvgIpc) is 2.96. The van der Waals surface area contributed by atoms with Gasteiger partial charge in [0, 0.05) is 73.8 Å². The molecule has 0 radical (unpaired) electrons. The van der Waals surface area contributed by atoms with Gasteiger partial charge in [-0.15, -0.1) is 0 Å². The number of piperazine rings is 1. The number of amides is 1. The number of nitrogens with zero attached hydrogens (tertiary/aromatic N) is 5. The highest BCUT2D eigenvalue weighted by Crippen LogP contribution is 2.34. The Morgan fingerprint density at radius 2 is 1.71 bits per heavy atom. The third-order valence-electron chi connectivity index (χ3n) is 7.08. The number of nitrogens with one attached hydrogen (secondary N) is 2. The topological polar surface area (TPSA) is 86.3 Å². The van der Waals surface area contributed by atoms with Crippen LogP contribution in [0.1, 0.15) is 27.0 Å². The van der Waals surface area contributed by atoms with Crippen molar-refractivity contribution < 1.29 is 18.0 Å². The molecule has 5 rings (SSSR count). The van der Waals surface area contributed by atoms with Gasteiger partial charge in [0.05, 0.1) is 5.56 Å². The summed E-state index contributed by atoms with van der Waals surface area (Å²) in [5.74, 6) is -0.0515. The zero-order valence-corrected chi connectivity index (χ0v) is 22.7. The lowest BCUT2D eigenvalue weighted by molar-refractivity contribution is -0.138. The van der Waals surface area contributed by atoms with Crippen LogP contribution in [-0.2, 0) is 12.7 Å². The van der Waals surface area contributed by atoms with E-state index in [1.54, 1.807) is 30.7 Å². The molecule has 41 heavy (non-hydrogen) atoms. The van der Waals surface area contributed by atoms with Gasteiger partial charge in [0.25, 0.3) is 5.91 Å². The molecule has 0 unspecified atom stereocenters. The number of likely N-dealkylation sites (N-methyl/N-ethyl adjacent to an activating group) is 1. The third kappa shape index (κ3) is 7.05. The summed E-state index contributed by atoms with van der Waals surface area (Å²) in [5, 5.41) is 5.99. The zero-order valence-electron chi connectivity index (χ0n) is 22.7. The molecule has 0 bridgehead atoms. The van der Waals surface area contributed by atoms with E-state index in [1.165, 1.54) is 18.5 Å². The standard InChI is InChI=1S/C30H30F3N7O/c1-20-3-6-25(15-27(20)38-28-14-21(7-8-36-28)24-16-34-19-35-17-24)37-29(41)22-4-5-23(26(13-22)30(31,32)33)18-40-11-9-39(2)10-12-40/h3-8,13-17,19H,9-12,18H2,1-2H3,(H,36,38)(H,37,41). The molecule has 1 aliphatic rings. The van der Waals surface area contributed by atoms with Crippen LogP contribution in [0.4, 0.5) is 30.4 Å². The van der Waals surface area contributed by atoms with Gasteiger partial charge in [-0.1, -0.05) is 12.1 Å². The number of pyridine rings is 1. The predicted octanol–water partition coefficient (Wildman–Crippen LogP) is 5.61. The van der Waals surface area contributed by atoms with Gasteiger partial charge in [0.1, 0.15) is 12.1 Å². The molecule has 11 heteroatoms. The summed E-state index contributed by atoms with van der Waals surface area (Å²) in [6.45, 7) is 5.08. The molecule has 0 aliphatic carbocycles. The van der Waals surface area contributed by atoms with Crippen molar-refractivity contribution >= 4 is 23.1 Å². The van der Waals surface area contributed by atoms with Crippen LogP contribution in [0.15, 0.2) is 73.4 Å².